The Hall–Kier alpha value is -0.570. The second kappa shape index (κ2) is 5.67. The molecule has 1 atom stereocenters. The molecule has 0 unspecified atom stereocenters. The van der Waals surface area contributed by atoms with Gasteiger partial charge in [-0.15, -0.1) is 0 Å². The Morgan fingerprint density at radius 1 is 1.25 bits per heavy atom. The van der Waals surface area contributed by atoms with Crippen molar-refractivity contribution in [3.8, 4) is 0 Å². The maximum Gasteiger partial charge on any atom is 0.226 e. The van der Waals surface area contributed by atoms with E-state index in [1.807, 2.05) is 0 Å². The summed E-state index contributed by atoms with van der Waals surface area (Å²) in [4.78, 5) is 14.6. The van der Waals surface area contributed by atoms with Crippen molar-refractivity contribution in [3.05, 3.63) is 0 Å². The molecule has 0 aromatic heterocycles. The Morgan fingerprint density at radius 2 is 2.00 bits per heavy atom. The zero-order chi connectivity index (χ0) is 11.4. The first kappa shape index (κ1) is 11.9. The standard InChI is InChI=1S/C13H24N2O/c1-2-12-5-3-4-10-15(12)13(16)11-6-8-14-9-7-11/h11-12,14H,2-10H2,1H3/t12-/m0/s1. The van der Waals surface area contributed by atoms with Gasteiger partial charge in [-0.05, 0) is 51.6 Å². The third-order valence-electron chi connectivity index (χ3n) is 4.07. The number of carbonyl (C=O) groups is 1. The fourth-order valence-corrected chi connectivity index (χ4v) is 3.02. The quantitative estimate of drug-likeness (QED) is 0.775. The zero-order valence-corrected chi connectivity index (χ0v) is 10.4. The number of nitrogens with one attached hydrogen (secondary N) is 1. The van der Waals surface area contributed by atoms with Crippen LogP contribution in [0.3, 0.4) is 0 Å². The van der Waals surface area contributed by atoms with E-state index in [2.05, 4.69) is 17.1 Å². The third kappa shape index (κ3) is 2.57. The summed E-state index contributed by atoms with van der Waals surface area (Å²) in [5.41, 5.74) is 0. The number of nitrogens with zero attached hydrogens (tertiary/aromatic N) is 1. The second-order valence-electron chi connectivity index (χ2n) is 5.11. The van der Waals surface area contributed by atoms with E-state index in [-0.39, 0.29) is 0 Å². The van der Waals surface area contributed by atoms with Crippen molar-refractivity contribution in [2.24, 2.45) is 5.92 Å². The minimum atomic E-state index is 0.299. The molecule has 0 aromatic carbocycles. The molecule has 92 valence electrons. The lowest BCUT2D eigenvalue weighted by Gasteiger charge is -2.38. The van der Waals surface area contributed by atoms with Gasteiger partial charge in [-0.2, -0.15) is 0 Å². The molecule has 0 aliphatic carbocycles. The number of carbonyl (C=O) groups excluding carboxylic acids is 1. The Labute approximate surface area is 98.6 Å². The van der Waals surface area contributed by atoms with Crippen molar-refractivity contribution in [2.45, 2.75) is 51.5 Å². The van der Waals surface area contributed by atoms with Crippen molar-refractivity contribution in [1.29, 1.82) is 0 Å². The average Bonchev–Trinajstić information content (AvgIpc) is 2.39. The molecule has 2 aliphatic heterocycles. The fraction of sp³-hybridized carbons (Fsp3) is 0.923. The van der Waals surface area contributed by atoms with Crippen LogP contribution in [0, 0.1) is 5.92 Å². The van der Waals surface area contributed by atoms with E-state index in [0.29, 0.717) is 17.9 Å². The van der Waals surface area contributed by atoms with Crippen molar-refractivity contribution in [1.82, 2.24) is 10.2 Å². The lowest BCUT2D eigenvalue weighted by molar-refractivity contribution is -0.140. The largest absolute Gasteiger partial charge is 0.339 e. The molecule has 0 radical (unpaired) electrons. The third-order valence-corrected chi connectivity index (χ3v) is 4.07. The van der Waals surface area contributed by atoms with Gasteiger partial charge in [0.15, 0.2) is 0 Å². The van der Waals surface area contributed by atoms with E-state index in [0.717, 1.165) is 38.9 Å². The van der Waals surface area contributed by atoms with Crippen LogP contribution in [0.2, 0.25) is 0 Å². The number of likely N-dealkylation sites (tertiary alicyclic amines) is 1. The molecule has 1 amide bonds. The topological polar surface area (TPSA) is 32.3 Å². The van der Waals surface area contributed by atoms with Crippen LogP contribution in [0.25, 0.3) is 0 Å². The monoisotopic (exact) mass is 224 g/mol. The molecule has 0 spiro atoms. The van der Waals surface area contributed by atoms with E-state index in [4.69, 9.17) is 0 Å². The van der Waals surface area contributed by atoms with E-state index < -0.39 is 0 Å². The van der Waals surface area contributed by atoms with E-state index in [1.165, 1.54) is 19.3 Å². The highest BCUT2D eigenvalue weighted by molar-refractivity contribution is 5.79. The van der Waals surface area contributed by atoms with Gasteiger partial charge in [0.2, 0.25) is 5.91 Å². The molecule has 3 heteroatoms. The van der Waals surface area contributed by atoms with Crippen LogP contribution in [0.1, 0.15) is 45.4 Å². The van der Waals surface area contributed by atoms with Gasteiger partial charge in [-0.1, -0.05) is 6.92 Å². The minimum Gasteiger partial charge on any atom is -0.339 e. The average molecular weight is 224 g/mol. The van der Waals surface area contributed by atoms with Crippen LogP contribution in [-0.4, -0.2) is 36.5 Å². The molecule has 16 heavy (non-hydrogen) atoms. The van der Waals surface area contributed by atoms with Crippen LogP contribution < -0.4 is 5.32 Å². The Balaban J connectivity index is 1.95. The number of hydrogen-bond donors (Lipinski definition) is 1. The first-order chi connectivity index (χ1) is 7.83. The van der Waals surface area contributed by atoms with Gasteiger partial charge >= 0.3 is 0 Å². The Kier molecular flexibility index (Phi) is 4.22. The predicted octanol–water partition coefficient (Wildman–Crippen LogP) is 1.78. The van der Waals surface area contributed by atoms with Gasteiger partial charge in [0.25, 0.3) is 0 Å². The van der Waals surface area contributed by atoms with Crippen molar-refractivity contribution < 1.29 is 4.79 Å². The molecule has 0 aromatic rings. The Morgan fingerprint density at radius 3 is 2.69 bits per heavy atom. The van der Waals surface area contributed by atoms with Crippen molar-refractivity contribution in [3.63, 3.8) is 0 Å². The molecule has 2 aliphatic rings. The molecular formula is C13H24N2O. The highest BCUT2D eigenvalue weighted by atomic mass is 16.2. The summed E-state index contributed by atoms with van der Waals surface area (Å²) in [5.74, 6) is 0.737. The molecule has 2 heterocycles. The van der Waals surface area contributed by atoms with Gasteiger partial charge in [0.05, 0.1) is 0 Å². The highest BCUT2D eigenvalue weighted by Crippen LogP contribution is 2.24. The van der Waals surface area contributed by atoms with E-state index >= 15 is 0 Å². The number of hydrogen-bond acceptors (Lipinski definition) is 2. The van der Waals surface area contributed by atoms with Crippen LogP contribution in [0.4, 0.5) is 0 Å². The van der Waals surface area contributed by atoms with Crippen LogP contribution in [-0.2, 0) is 4.79 Å². The van der Waals surface area contributed by atoms with Gasteiger partial charge in [-0.25, -0.2) is 0 Å². The molecule has 0 bridgehead atoms. The van der Waals surface area contributed by atoms with E-state index in [9.17, 15) is 4.79 Å². The summed E-state index contributed by atoms with van der Waals surface area (Å²) in [7, 11) is 0. The first-order valence-corrected chi connectivity index (χ1v) is 6.84. The summed E-state index contributed by atoms with van der Waals surface area (Å²) in [6.45, 7) is 5.24. The van der Waals surface area contributed by atoms with Crippen LogP contribution in [0.5, 0.6) is 0 Å². The highest BCUT2D eigenvalue weighted by Gasteiger charge is 2.30. The normalized spacial score (nSPS) is 28.1. The van der Waals surface area contributed by atoms with Gasteiger partial charge in [-0.3, -0.25) is 4.79 Å². The molecule has 3 nitrogen and oxygen atoms in total. The van der Waals surface area contributed by atoms with Crippen molar-refractivity contribution >= 4 is 5.91 Å². The fourth-order valence-electron chi connectivity index (χ4n) is 3.02. The SMILES string of the molecule is CC[C@H]1CCCCN1C(=O)C1CCNCC1. The summed E-state index contributed by atoms with van der Waals surface area (Å²) < 4.78 is 0. The lowest BCUT2D eigenvalue weighted by atomic mass is 9.93. The second-order valence-corrected chi connectivity index (χ2v) is 5.11. The summed E-state index contributed by atoms with van der Waals surface area (Å²) >= 11 is 0. The number of amides is 1. The molecule has 2 saturated heterocycles. The van der Waals surface area contributed by atoms with Gasteiger partial charge < -0.3 is 10.2 Å². The maximum atomic E-state index is 12.4. The van der Waals surface area contributed by atoms with Crippen LogP contribution >= 0.6 is 0 Å². The molecule has 2 rings (SSSR count). The zero-order valence-electron chi connectivity index (χ0n) is 10.4. The van der Waals surface area contributed by atoms with Gasteiger partial charge in [0, 0.05) is 18.5 Å². The summed E-state index contributed by atoms with van der Waals surface area (Å²) in [6.07, 6.45) is 6.91. The molecule has 2 fully saturated rings. The van der Waals surface area contributed by atoms with E-state index in [1.54, 1.807) is 0 Å². The predicted molar refractivity (Wildman–Crippen MR) is 65.2 cm³/mol. The summed E-state index contributed by atoms with van der Waals surface area (Å²) in [6, 6.07) is 0.524. The summed E-state index contributed by atoms with van der Waals surface area (Å²) in [5, 5.41) is 3.33. The lowest BCUT2D eigenvalue weighted by Crippen LogP contribution is -2.48. The number of rotatable bonds is 2. The number of piperidine rings is 2. The van der Waals surface area contributed by atoms with Crippen molar-refractivity contribution in [2.75, 3.05) is 19.6 Å². The molecule has 0 saturated carbocycles. The molecular weight excluding hydrogens is 200 g/mol. The van der Waals surface area contributed by atoms with Gasteiger partial charge in [0.1, 0.15) is 0 Å². The molecule has 1 N–H and O–H groups in total. The first-order valence-electron chi connectivity index (χ1n) is 6.84. The van der Waals surface area contributed by atoms with Crippen LogP contribution in [0.15, 0.2) is 0 Å². The maximum absolute atomic E-state index is 12.4. The minimum absolute atomic E-state index is 0.299. The smallest absolute Gasteiger partial charge is 0.226 e. The Bertz CT molecular complexity index is 236.